The maximum atomic E-state index is 12.4. The number of rotatable bonds is 2. The summed E-state index contributed by atoms with van der Waals surface area (Å²) in [5, 5.41) is 2.31. The van der Waals surface area contributed by atoms with E-state index >= 15 is 0 Å². The van der Waals surface area contributed by atoms with Gasteiger partial charge in [0.1, 0.15) is 17.1 Å². The van der Waals surface area contributed by atoms with Crippen LogP contribution in [0.25, 0.3) is 0 Å². The molecule has 0 aliphatic heterocycles. The number of H-pyrrole nitrogens is 1. The Balaban J connectivity index is 2.26. The standard InChI is InChI=1S/C12H8F3N3O2/c13-12(14,15)8-5-4-7(10(19)17-8)11(20)18-9-3-1-2-6-16-9/h1-6H,(H,17,19)(H,16,18,20). The Hall–Kier alpha value is -2.64. The molecule has 2 aromatic heterocycles. The van der Waals surface area contributed by atoms with Crippen LogP contribution < -0.4 is 10.9 Å². The van der Waals surface area contributed by atoms with Crippen LogP contribution in [0.3, 0.4) is 0 Å². The molecule has 20 heavy (non-hydrogen) atoms. The second-order valence-corrected chi connectivity index (χ2v) is 3.78. The summed E-state index contributed by atoms with van der Waals surface area (Å²) in [5.41, 5.74) is -2.76. The molecule has 2 N–H and O–H groups in total. The normalized spacial score (nSPS) is 11.2. The predicted octanol–water partition coefficient (Wildman–Crippen LogP) is 2.04. The van der Waals surface area contributed by atoms with Crippen molar-refractivity contribution in [3.05, 3.63) is 58.1 Å². The largest absolute Gasteiger partial charge is 0.431 e. The van der Waals surface area contributed by atoms with Crippen molar-refractivity contribution in [1.29, 1.82) is 0 Å². The number of nitrogens with one attached hydrogen (secondary N) is 2. The Morgan fingerprint density at radius 1 is 1.20 bits per heavy atom. The van der Waals surface area contributed by atoms with Crippen molar-refractivity contribution in [2.45, 2.75) is 6.18 Å². The molecule has 0 fully saturated rings. The summed E-state index contributed by atoms with van der Waals surface area (Å²) in [4.78, 5) is 28.7. The molecule has 8 heteroatoms. The average Bonchev–Trinajstić information content (AvgIpc) is 2.38. The average molecular weight is 283 g/mol. The molecule has 104 valence electrons. The van der Waals surface area contributed by atoms with E-state index in [0.29, 0.717) is 6.07 Å². The van der Waals surface area contributed by atoms with Gasteiger partial charge < -0.3 is 10.3 Å². The van der Waals surface area contributed by atoms with E-state index in [1.54, 1.807) is 17.1 Å². The van der Waals surface area contributed by atoms with Gasteiger partial charge in [0.25, 0.3) is 11.5 Å². The number of aromatic amines is 1. The summed E-state index contributed by atoms with van der Waals surface area (Å²) in [6.07, 6.45) is -3.25. The second-order valence-electron chi connectivity index (χ2n) is 3.78. The van der Waals surface area contributed by atoms with Crippen LogP contribution in [0.4, 0.5) is 19.0 Å². The Morgan fingerprint density at radius 2 is 1.95 bits per heavy atom. The van der Waals surface area contributed by atoms with Crippen molar-refractivity contribution in [1.82, 2.24) is 9.97 Å². The molecule has 0 unspecified atom stereocenters. The lowest BCUT2D eigenvalue weighted by atomic mass is 10.2. The van der Waals surface area contributed by atoms with Crippen molar-refractivity contribution >= 4 is 11.7 Å². The number of amides is 1. The smallest absolute Gasteiger partial charge is 0.318 e. The topological polar surface area (TPSA) is 74.8 Å². The fraction of sp³-hybridized carbons (Fsp3) is 0.0833. The van der Waals surface area contributed by atoms with Gasteiger partial charge in [-0.15, -0.1) is 0 Å². The number of alkyl halides is 3. The minimum absolute atomic E-state index is 0.191. The quantitative estimate of drug-likeness (QED) is 0.885. The summed E-state index contributed by atoms with van der Waals surface area (Å²) >= 11 is 0. The summed E-state index contributed by atoms with van der Waals surface area (Å²) in [5.74, 6) is -0.643. The van der Waals surface area contributed by atoms with E-state index in [2.05, 4.69) is 10.3 Å². The number of hydrogen-bond acceptors (Lipinski definition) is 3. The molecule has 0 spiro atoms. The lowest BCUT2D eigenvalue weighted by Crippen LogP contribution is -2.25. The minimum atomic E-state index is -4.67. The maximum Gasteiger partial charge on any atom is 0.431 e. The zero-order valence-electron chi connectivity index (χ0n) is 9.86. The molecule has 0 aromatic carbocycles. The molecular formula is C12H8F3N3O2. The molecule has 0 radical (unpaired) electrons. The van der Waals surface area contributed by atoms with E-state index in [4.69, 9.17) is 0 Å². The molecule has 2 aromatic rings. The van der Waals surface area contributed by atoms with Gasteiger partial charge in [0, 0.05) is 6.20 Å². The van der Waals surface area contributed by atoms with Crippen molar-refractivity contribution < 1.29 is 18.0 Å². The van der Waals surface area contributed by atoms with E-state index in [9.17, 15) is 22.8 Å². The summed E-state index contributed by atoms with van der Waals surface area (Å²) in [7, 11) is 0. The van der Waals surface area contributed by atoms with Crippen LogP contribution >= 0.6 is 0 Å². The SMILES string of the molecule is O=C(Nc1ccccn1)c1ccc(C(F)(F)F)[nH]c1=O. The molecule has 0 saturated heterocycles. The van der Waals surface area contributed by atoms with Crippen molar-refractivity contribution in [3.63, 3.8) is 0 Å². The maximum absolute atomic E-state index is 12.4. The summed E-state index contributed by atoms with van der Waals surface area (Å²) < 4.78 is 37.1. The number of carbonyl (C=O) groups is 1. The van der Waals surface area contributed by atoms with Gasteiger partial charge in [-0.3, -0.25) is 9.59 Å². The van der Waals surface area contributed by atoms with Gasteiger partial charge in [0.05, 0.1) is 0 Å². The minimum Gasteiger partial charge on any atom is -0.318 e. The van der Waals surface area contributed by atoms with Crippen LogP contribution in [0.15, 0.2) is 41.3 Å². The monoisotopic (exact) mass is 283 g/mol. The van der Waals surface area contributed by atoms with Crippen LogP contribution in [0.1, 0.15) is 16.1 Å². The number of hydrogen-bond donors (Lipinski definition) is 2. The molecule has 2 rings (SSSR count). The second kappa shape index (κ2) is 5.16. The Labute approximate surface area is 110 Å². The molecule has 1 amide bonds. The molecule has 0 aliphatic rings. The molecule has 0 bridgehead atoms. The molecule has 5 nitrogen and oxygen atoms in total. The van der Waals surface area contributed by atoms with Gasteiger partial charge in [-0.2, -0.15) is 13.2 Å². The molecule has 0 aliphatic carbocycles. The van der Waals surface area contributed by atoms with Crippen molar-refractivity contribution in [2.75, 3.05) is 5.32 Å². The van der Waals surface area contributed by atoms with Crippen molar-refractivity contribution in [2.24, 2.45) is 0 Å². The van der Waals surface area contributed by atoms with E-state index in [1.807, 2.05) is 0 Å². The lowest BCUT2D eigenvalue weighted by Gasteiger charge is -2.07. The molecule has 0 atom stereocenters. The number of nitrogens with zero attached hydrogens (tertiary/aromatic N) is 1. The Morgan fingerprint density at radius 3 is 2.50 bits per heavy atom. The van der Waals surface area contributed by atoms with E-state index in [0.717, 1.165) is 6.07 Å². The zero-order valence-corrected chi connectivity index (χ0v) is 9.86. The first kappa shape index (κ1) is 13.8. The van der Waals surface area contributed by atoms with Crippen LogP contribution in [-0.2, 0) is 6.18 Å². The van der Waals surface area contributed by atoms with Gasteiger partial charge >= 0.3 is 6.18 Å². The third kappa shape index (κ3) is 3.02. The zero-order chi connectivity index (χ0) is 14.8. The fourth-order valence-corrected chi connectivity index (χ4v) is 1.44. The number of pyridine rings is 2. The third-order valence-electron chi connectivity index (χ3n) is 2.37. The van der Waals surface area contributed by atoms with Gasteiger partial charge in [-0.05, 0) is 24.3 Å². The van der Waals surface area contributed by atoms with E-state index < -0.39 is 28.9 Å². The lowest BCUT2D eigenvalue weighted by molar-refractivity contribution is -0.141. The Bertz CT molecular complexity index is 680. The van der Waals surface area contributed by atoms with Gasteiger partial charge in [0.15, 0.2) is 0 Å². The van der Waals surface area contributed by atoms with Crippen molar-refractivity contribution in [3.8, 4) is 0 Å². The summed E-state index contributed by atoms with van der Waals surface area (Å²) in [6, 6.07) is 6.17. The number of anilines is 1. The highest BCUT2D eigenvalue weighted by molar-refractivity contribution is 6.03. The van der Waals surface area contributed by atoms with Crippen LogP contribution in [-0.4, -0.2) is 15.9 Å². The number of aromatic nitrogens is 2. The van der Waals surface area contributed by atoms with Gasteiger partial charge in [0.2, 0.25) is 0 Å². The predicted molar refractivity (Wildman–Crippen MR) is 64.3 cm³/mol. The summed E-state index contributed by atoms with van der Waals surface area (Å²) in [6.45, 7) is 0. The fourth-order valence-electron chi connectivity index (χ4n) is 1.44. The molecule has 0 saturated carbocycles. The van der Waals surface area contributed by atoms with E-state index in [-0.39, 0.29) is 5.82 Å². The van der Waals surface area contributed by atoms with Crippen LogP contribution in [0.5, 0.6) is 0 Å². The number of halogens is 3. The Kier molecular flexibility index (Phi) is 3.55. The highest BCUT2D eigenvalue weighted by Crippen LogP contribution is 2.26. The highest BCUT2D eigenvalue weighted by Gasteiger charge is 2.32. The first-order chi connectivity index (χ1) is 9.38. The van der Waals surface area contributed by atoms with Crippen LogP contribution in [0.2, 0.25) is 0 Å². The first-order valence-electron chi connectivity index (χ1n) is 5.41. The third-order valence-corrected chi connectivity index (χ3v) is 2.37. The van der Waals surface area contributed by atoms with Crippen LogP contribution in [0, 0.1) is 0 Å². The molecule has 2 heterocycles. The first-order valence-corrected chi connectivity index (χ1v) is 5.41. The molecular weight excluding hydrogens is 275 g/mol. The number of carbonyl (C=O) groups excluding carboxylic acids is 1. The highest BCUT2D eigenvalue weighted by atomic mass is 19.4. The van der Waals surface area contributed by atoms with Gasteiger partial charge in [-0.25, -0.2) is 4.98 Å². The van der Waals surface area contributed by atoms with E-state index in [1.165, 1.54) is 12.3 Å². The van der Waals surface area contributed by atoms with Gasteiger partial charge in [-0.1, -0.05) is 6.07 Å².